The third-order valence-electron chi connectivity index (χ3n) is 2.01. The highest BCUT2D eigenvalue weighted by Crippen LogP contribution is 2.13. The SMILES string of the molecule is CC(=O)C(CCC(C)C)C(C)=O. The highest BCUT2D eigenvalue weighted by Gasteiger charge is 2.18. The van der Waals surface area contributed by atoms with E-state index >= 15 is 0 Å². The van der Waals surface area contributed by atoms with Crippen molar-refractivity contribution in [3.8, 4) is 0 Å². The monoisotopic (exact) mass is 170 g/mol. The number of hydrogen-bond acceptors (Lipinski definition) is 2. The van der Waals surface area contributed by atoms with Crippen LogP contribution in [0.2, 0.25) is 0 Å². The van der Waals surface area contributed by atoms with Gasteiger partial charge in [-0.15, -0.1) is 0 Å². The zero-order chi connectivity index (χ0) is 9.72. The maximum absolute atomic E-state index is 11.0. The predicted molar refractivity (Wildman–Crippen MR) is 48.9 cm³/mol. The summed E-state index contributed by atoms with van der Waals surface area (Å²) in [6, 6.07) is 0. The Kier molecular flexibility index (Phi) is 4.79. The van der Waals surface area contributed by atoms with Crippen molar-refractivity contribution in [3.63, 3.8) is 0 Å². The minimum Gasteiger partial charge on any atom is -0.299 e. The van der Waals surface area contributed by atoms with Gasteiger partial charge in [0, 0.05) is 0 Å². The van der Waals surface area contributed by atoms with Crippen molar-refractivity contribution in [1.29, 1.82) is 0 Å². The molecule has 2 heteroatoms. The second kappa shape index (κ2) is 5.07. The first kappa shape index (κ1) is 11.3. The first-order valence-corrected chi connectivity index (χ1v) is 4.46. The van der Waals surface area contributed by atoms with Crippen LogP contribution < -0.4 is 0 Å². The van der Waals surface area contributed by atoms with Crippen LogP contribution in [0.1, 0.15) is 40.5 Å². The fraction of sp³-hybridized carbons (Fsp3) is 0.800. The number of Topliss-reactive ketones (excluding diaryl/α,β-unsaturated/α-hetero) is 2. The fourth-order valence-corrected chi connectivity index (χ4v) is 1.19. The second-order valence-electron chi connectivity index (χ2n) is 3.75. The number of ketones is 2. The Morgan fingerprint density at radius 3 is 1.67 bits per heavy atom. The van der Waals surface area contributed by atoms with E-state index in [2.05, 4.69) is 13.8 Å². The Morgan fingerprint density at radius 1 is 1.00 bits per heavy atom. The fourth-order valence-electron chi connectivity index (χ4n) is 1.19. The first-order valence-electron chi connectivity index (χ1n) is 4.46. The van der Waals surface area contributed by atoms with Crippen molar-refractivity contribution in [2.45, 2.75) is 40.5 Å². The van der Waals surface area contributed by atoms with Gasteiger partial charge < -0.3 is 0 Å². The smallest absolute Gasteiger partial charge is 0.140 e. The lowest BCUT2D eigenvalue weighted by Crippen LogP contribution is -2.19. The standard InChI is InChI=1S/C10H18O2/c1-7(2)5-6-10(8(3)11)9(4)12/h7,10H,5-6H2,1-4H3. The van der Waals surface area contributed by atoms with Gasteiger partial charge in [0.2, 0.25) is 0 Å². The van der Waals surface area contributed by atoms with E-state index in [-0.39, 0.29) is 17.5 Å². The van der Waals surface area contributed by atoms with Gasteiger partial charge in [0.05, 0.1) is 5.92 Å². The molecule has 2 nitrogen and oxygen atoms in total. The summed E-state index contributed by atoms with van der Waals surface area (Å²) < 4.78 is 0. The third-order valence-corrected chi connectivity index (χ3v) is 2.01. The molecule has 12 heavy (non-hydrogen) atoms. The van der Waals surface area contributed by atoms with E-state index in [0.29, 0.717) is 12.3 Å². The van der Waals surface area contributed by atoms with Crippen LogP contribution in [0.3, 0.4) is 0 Å². The third kappa shape index (κ3) is 4.27. The maximum atomic E-state index is 11.0. The van der Waals surface area contributed by atoms with E-state index in [1.807, 2.05) is 0 Å². The highest BCUT2D eigenvalue weighted by atomic mass is 16.1. The van der Waals surface area contributed by atoms with Crippen LogP contribution in [0.25, 0.3) is 0 Å². The van der Waals surface area contributed by atoms with E-state index in [4.69, 9.17) is 0 Å². The zero-order valence-corrected chi connectivity index (χ0v) is 8.39. The van der Waals surface area contributed by atoms with Crippen molar-refractivity contribution in [3.05, 3.63) is 0 Å². The number of carbonyl (C=O) groups is 2. The van der Waals surface area contributed by atoms with E-state index < -0.39 is 0 Å². The Labute approximate surface area is 74.3 Å². The number of hydrogen-bond donors (Lipinski definition) is 0. The van der Waals surface area contributed by atoms with Crippen LogP contribution in [-0.4, -0.2) is 11.6 Å². The first-order chi connectivity index (χ1) is 5.45. The van der Waals surface area contributed by atoms with Gasteiger partial charge in [0.1, 0.15) is 11.6 Å². The second-order valence-corrected chi connectivity index (χ2v) is 3.75. The summed E-state index contributed by atoms with van der Waals surface area (Å²) in [5.41, 5.74) is 0. The average Bonchev–Trinajstić information content (AvgIpc) is 1.84. The molecule has 0 radical (unpaired) electrons. The molecule has 0 aromatic carbocycles. The Morgan fingerprint density at radius 2 is 1.42 bits per heavy atom. The summed E-state index contributed by atoms with van der Waals surface area (Å²) in [6.45, 7) is 7.17. The quantitative estimate of drug-likeness (QED) is 0.593. The predicted octanol–water partition coefficient (Wildman–Crippen LogP) is 2.22. The molecule has 0 saturated carbocycles. The zero-order valence-electron chi connectivity index (χ0n) is 8.39. The van der Waals surface area contributed by atoms with Crippen LogP contribution in [0.15, 0.2) is 0 Å². The van der Waals surface area contributed by atoms with Gasteiger partial charge in [-0.1, -0.05) is 13.8 Å². The van der Waals surface area contributed by atoms with Crippen LogP contribution in [0, 0.1) is 11.8 Å². The molecule has 0 spiro atoms. The minimum atomic E-state index is -0.354. The molecule has 0 saturated heterocycles. The summed E-state index contributed by atoms with van der Waals surface area (Å²) >= 11 is 0. The topological polar surface area (TPSA) is 34.1 Å². The molecule has 0 aromatic rings. The molecule has 0 aliphatic rings. The van der Waals surface area contributed by atoms with Gasteiger partial charge in [0.25, 0.3) is 0 Å². The lowest BCUT2D eigenvalue weighted by molar-refractivity contribution is -0.130. The van der Waals surface area contributed by atoms with Crippen LogP contribution in [-0.2, 0) is 9.59 Å². The van der Waals surface area contributed by atoms with E-state index in [1.54, 1.807) is 0 Å². The normalized spacial score (nSPS) is 10.8. The number of carbonyl (C=O) groups excluding carboxylic acids is 2. The molecule has 0 atom stereocenters. The molecular formula is C10H18O2. The molecule has 70 valence electrons. The van der Waals surface area contributed by atoms with Crippen molar-refractivity contribution < 1.29 is 9.59 Å². The highest BCUT2D eigenvalue weighted by molar-refractivity contribution is 6.00. The maximum Gasteiger partial charge on any atom is 0.140 e. The summed E-state index contributed by atoms with van der Waals surface area (Å²) in [6.07, 6.45) is 1.66. The summed E-state index contributed by atoms with van der Waals surface area (Å²) in [7, 11) is 0. The Bertz CT molecular complexity index is 157. The summed E-state index contributed by atoms with van der Waals surface area (Å²) in [4.78, 5) is 22.0. The van der Waals surface area contributed by atoms with Gasteiger partial charge in [-0.25, -0.2) is 0 Å². The molecule has 0 aromatic heterocycles. The summed E-state index contributed by atoms with van der Waals surface area (Å²) in [5.74, 6) is 0.213. The molecule has 0 N–H and O–H groups in total. The molecule has 0 heterocycles. The van der Waals surface area contributed by atoms with Gasteiger partial charge in [-0.05, 0) is 32.6 Å². The lowest BCUT2D eigenvalue weighted by atomic mass is 9.92. The van der Waals surface area contributed by atoms with E-state index in [0.717, 1.165) is 6.42 Å². The molecule has 0 aliphatic carbocycles. The molecule has 0 fully saturated rings. The Hall–Kier alpha value is -0.660. The van der Waals surface area contributed by atoms with Gasteiger partial charge in [-0.3, -0.25) is 9.59 Å². The van der Waals surface area contributed by atoms with Gasteiger partial charge in [0.15, 0.2) is 0 Å². The molecular weight excluding hydrogens is 152 g/mol. The van der Waals surface area contributed by atoms with Crippen LogP contribution in [0.4, 0.5) is 0 Å². The largest absolute Gasteiger partial charge is 0.299 e. The lowest BCUT2D eigenvalue weighted by Gasteiger charge is -2.11. The van der Waals surface area contributed by atoms with Crippen molar-refractivity contribution in [2.24, 2.45) is 11.8 Å². The average molecular weight is 170 g/mol. The van der Waals surface area contributed by atoms with Crippen molar-refractivity contribution >= 4 is 11.6 Å². The number of rotatable bonds is 5. The van der Waals surface area contributed by atoms with E-state index in [9.17, 15) is 9.59 Å². The Balaban J connectivity index is 3.97. The van der Waals surface area contributed by atoms with Gasteiger partial charge in [-0.2, -0.15) is 0 Å². The van der Waals surface area contributed by atoms with Crippen LogP contribution in [0.5, 0.6) is 0 Å². The summed E-state index contributed by atoms with van der Waals surface area (Å²) in [5, 5.41) is 0. The van der Waals surface area contributed by atoms with E-state index in [1.165, 1.54) is 13.8 Å². The van der Waals surface area contributed by atoms with Gasteiger partial charge >= 0.3 is 0 Å². The van der Waals surface area contributed by atoms with Crippen molar-refractivity contribution in [1.82, 2.24) is 0 Å². The molecule has 0 unspecified atom stereocenters. The minimum absolute atomic E-state index is 0.00292. The molecule has 0 amide bonds. The van der Waals surface area contributed by atoms with Crippen LogP contribution >= 0.6 is 0 Å². The molecule has 0 bridgehead atoms. The molecule has 0 aliphatic heterocycles. The van der Waals surface area contributed by atoms with Crippen molar-refractivity contribution in [2.75, 3.05) is 0 Å². The molecule has 0 rings (SSSR count).